The molecule has 0 unspecified atom stereocenters. The van der Waals surface area contributed by atoms with Crippen LogP contribution in [0.15, 0.2) is 69.7 Å². The summed E-state index contributed by atoms with van der Waals surface area (Å²) in [5.74, 6) is -0.809. The number of benzene rings is 2. The molecule has 122 valence electrons. The van der Waals surface area contributed by atoms with Gasteiger partial charge in [-0.05, 0) is 35.9 Å². The number of hydrazone groups is 1. The quantitative estimate of drug-likeness (QED) is 0.673. The van der Waals surface area contributed by atoms with E-state index in [4.69, 9.17) is 0 Å². The van der Waals surface area contributed by atoms with Gasteiger partial charge in [0.1, 0.15) is 0 Å². The van der Waals surface area contributed by atoms with Crippen LogP contribution in [0.3, 0.4) is 0 Å². The largest absolute Gasteiger partial charge is 0.435 e. The summed E-state index contributed by atoms with van der Waals surface area (Å²) in [5, 5.41) is 4.27. The normalized spacial score (nSPS) is 16.7. The molecule has 0 fully saturated rings. The van der Waals surface area contributed by atoms with Crippen molar-refractivity contribution < 1.29 is 18.0 Å². The highest BCUT2D eigenvalue weighted by Gasteiger charge is 2.46. The Morgan fingerprint density at radius 2 is 1.62 bits per heavy atom. The number of amides is 1. The van der Waals surface area contributed by atoms with Gasteiger partial charge in [0.05, 0.1) is 11.3 Å². The van der Waals surface area contributed by atoms with Crippen LogP contribution in [-0.2, 0) is 4.79 Å². The minimum absolute atomic E-state index is 0.281. The Morgan fingerprint density at radius 3 is 2.21 bits per heavy atom. The van der Waals surface area contributed by atoms with Crippen molar-refractivity contribution >= 4 is 39.3 Å². The molecule has 0 bridgehead atoms. The SMILES string of the molecule is O=C1/C(=C\c2ccc(Br)cc2)C(C(F)(F)F)=NN1c1ccccc1. The van der Waals surface area contributed by atoms with E-state index in [9.17, 15) is 18.0 Å². The first-order valence-electron chi connectivity index (χ1n) is 6.89. The van der Waals surface area contributed by atoms with Gasteiger partial charge in [-0.15, -0.1) is 0 Å². The molecule has 0 radical (unpaired) electrons. The van der Waals surface area contributed by atoms with Crippen molar-refractivity contribution in [2.75, 3.05) is 5.01 Å². The fraction of sp³-hybridized carbons (Fsp3) is 0.0588. The molecule has 1 heterocycles. The zero-order valence-electron chi connectivity index (χ0n) is 12.1. The molecule has 0 saturated carbocycles. The van der Waals surface area contributed by atoms with E-state index in [1.165, 1.54) is 18.2 Å². The molecule has 3 rings (SSSR count). The van der Waals surface area contributed by atoms with Crippen LogP contribution in [-0.4, -0.2) is 17.8 Å². The maximum Gasteiger partial charge on any atom is 0.435 e. The number of carbonyl (C=O) groups excluding carboxylic acids is 1. The minimum Gasteiger partial charge on any atom is -0.267 e. The standard InChI is InChI=1S/C17H10BrF3N2O/c18-12-8-6-11(7-9-12)10-14-15(17(19,20)21)22-23(16(14)24)13-4-2-1-3-5-13/h1-10H/b14-10-. The van der Waals surface area contributed by atoms with Crippen molar-refractivity contribution in [3.05, 3.63) is 70.2 Å². The second-order valence-corrected chi connectivity index (χ2v) is 5.92. The molecule has 1 amide bonds. The third kappa shape index (κ3) is 3.26. The van der Waals surface area contributed by atoms with Gasteiger partial charge in [0.25, 0.3) is 5.91 Å². The zero-order valence-corrected chi connectivity index (χ0v) is 13.7. The number of nitrogens with zero attached hydrogens (tertiary/aromatic N) is 2. The lowest BCUT2D eigenvalue weighted by Gasteiger charge is -2.10. The number of anilines is 1. The molecule has 1 aliphatic rings. The van der Waals surface area contributed by atoms with Crippen LogP contribution in [0.2, 0.25) is 0 Å². The Kier molecular flexibility index (Phi) is 4.28. The van der Waals surface area contributed by atoms with Gasteiger partial charge < -0.3 is 0 Å². The van der Waals surface area contributed by atoms with Crippen molar-refractivity contribution in [1.82, 2.24) is 0 Å². The fourth-order valence-electron chi connectivity index (χ4n) is 2.22. The van der Waals surface area contributed by atoms with E-state index in [2.05, 4.69) is 21.0 Å². The Hall–Kier alpha value is -2.41. The summed E-state index contributed by atoms with van der Waals surface area (Å²) < 4.78 is 40.6. The highest BCUT2D eigenvalue weighted by atomic mass is 79.9. The van der Waals surface area contributed by atoms with Crippen molar-refractivity contribution in [3.63, 3.8) is 0 Å². The minimum atomic E-state index is -4.72. The fourth-order valence-corrected chi connectivity index (χ4v) is 2.49. The van der Waals surface area contributed by atoms with Crippen LogP contribution in [0.5, 0.6) is 0 Å². The monoisotopic (exact) mass is 394 g/mol. The predicted molar refractivity (Wildman–Crippen MR) is 89.5 cm³/mol. The third-order valence-corrected chi connectivity index (χ3v) is 3.86. The smallest absolute Gasteiger partial charge is 0.267 e. The average molecular weight is 395 g/mol. The maximum absolute atomic E-state index is 13.3. The van der Waals surface area contributed by atoms with Gasteiger partial charge in [-0.3, -0.25) is 4.79 Å². The molecule has 7 heteroatoms. The van der Waals surface area contributed by atoms with Gasteiger partial charge in [0.2, 0.25) is 0 Å². The Bertz CT molecular complexity index is 827. The van der Waals surface area contributed by atoms with E-state index in [-0.39, 0.29) is 5.69 Å². The second-order valence-electron chi connectivity index (χ2n) is 5.01. The molecule has 0 atom stereocenters. The molecule has 2 aromatic carbocycles. The van der Waals surface area contributed by atoms with E-state index in [0.717, 1.165) is 9.48 Å². The van der Waals surface area contributed by atoms with Gasteiger partial charge in [-0.1, -0.05) is 46.3 Å². The topological polar surface area (TPSA) is 32.7 Å². The van der Waals surface area contributed by atoms with Crippen molar-refractivity contribution in [1.29, 1.82) is 0 Å². The summed E-state index contributed by atoms with van der Waals surface area (Å²) in [5.41, 5.74) is -0.912. The summed E-state index contributed by atoms with van der Waals surface area (Å²) in [6.45, 7) is 0. The highest BCUT2D eigenvalue weighted by Crippen LogP contribution is 2.32. The van der Waals surface area contributed by atoms with Crippen molar-refractivity contribution in [3.8, 4) is 0 Å². The first-order valence-corrected chi connectivity index (χ1v) is 7.68. The summed E-state index contributed by atoms with van der Waals surface area (Å²) in [7, 11) is 0. The number of carbonyl (C=O) groups is 1. The molecule has 1 aliphatic heterocycles. The predicted octanol–water partition coefficient (Wildman–Crippen LogP) is 4.80. The molecule has 0 aromatic heterocycles. The van der Waals surface area contributed by atoms with Crippen LogP contribution in [0.1, 0.15) is 5.56 Å². The molecule has 0 aliphatic carbocycles. The molecular formula is C17H10BrF3N2O. The molecule has 0 spiro atoms. The summed E-state index contributed by atoms with van der Waals surface area (Å²) in [6.07, 6.45) is -3.52. The van der Waals surface area contributed by atoms with Gasteiger partial charge in [-0.2, -0.15) is 23.3 Å². The molecular weight excluding hydrogens is 385 g/mol. The molecule has 2 aromatic rings. The summed E-state index contributed by atoms with van der Waals surface area (Å²) in [4.78, 5) is 12.5. The molecule has 24 heavy (non-hydrogen) atoms. The lowest BCUT2D eigenvalue weighted by atomic mass is 10.1. The van der Waals surface area contributed by atoms with Crippen LogP contribution in [0, 0.1) is 0 Å². The Morgan fingerprint density at radius 1 is 1.00 bits per heavy atom. The molecule has 0 N–H and O–H groups in total. The van der Waals surface area contributed by atoms with E-state index in [1.807, 2.05) is 0 Å². The number of rotatable bonds is 2. The van der Waals surface area contributed by atoms with Crippen LogP contribution in [0.25, 0.3) is 6.08 Å². The van der Waals surface area contributed by atoms with E-state index in [1.54, 1.807) is 42.5 Å². The van der Waals surface area contributed by atoms with E-state index >= 15 is 0 Å². The number of hydrogen-bond acceptors (Lipinski definition) is 2. The van der Waals surface area contributed by atoms with Gasteiger partial charge >= 0.3 is 6.18 Å². The maximum atomic E-state index is 13.3. The first kappa shape index (κ1) is 16.4. The molecule has 0 saturated heterocycles. The summed E-state index contributed by atoms with van der Waals surface area (Å²) in [6, 6.07) is 14.6. The van der Waals surface area contributed by atoms with E-state index in [0.29, 0.717) is 5.56 Å². The van der Waals surface area contributed by atoms with Crippen LogP contribution >= 0.6 is 15.9 Å². The lowest BCUT2D eigenvalue weighted by molar-refractivity contribution is -0.114. The zero-order chi connectivity index (χ0) is 17.3. The number of halogens is 4. The van der Waals surface area contributed by atoms with Gasteiger partial charge in [0, 0.05) is 4.47 Å². The highest BCUT2D eigenvalue weighted by molar-refractivity contribution is 9.10. The third-order valence-electron chi connectivity index (χ3n) is 3.33. The second kappa shape index (κ2) is 6.24. The average Bonchev–Trinajstić information content (AvgIpc) is 2.88. The van der Waals surface area contributed by atoms with Crippen LogP contribution in [0.4, 0.5) is 18.9 Å². The number of hydrogen-bond donors (Lipinski definition) is 0. The van der Waals surface area contributed by atoms with Crippen molar-refractivity contribution in [2.45, 2.75) is 6.18 Å². The van der Waals surface area contributed by atoms with Crippen molar-refractivity contribution in [2.24, 2.45) is 5.10 Å². The first-order chi connectivity index (χ1) is 11.4. The van der Waals surface area contributed by atoms with Gasteiger partial charge in [0.15, 0.2) is 5.71 Å². The summed E-state index contributed by atoms with van der Waals surface area (Å²) >= 11 is 3.25. The van der Waals surface area contributed by atoms with Crippen LogP contribution < -0.4 is 5.01 Å². The number of alkyl halides is 3. The lowest BCUT2D eigenvalue weighted by Crippen LogP contribution is -2.25. The van der Waals surface area contributed by atoms with E-state index < -0.39 is 23.4 Å². The Balaban J connectivity index is 2.06. The Labute approximate surface area is 144 Å². The number of para-hydroxylation sites is 1. The van der Waals surface area contributed by atoms with Gasteiger partial charge in [-0.25, -0.2) is 0 Å². The molecule has 3 nitrogen and oxygen atoms in total.